The van der Waals surface area contributed by atoms with Crippen molar-refractivity contribution in [2.45, 2.75) is 0 Å². The van der Waals surface area contributed by atoms with Crippen LogP contribution in [0.1, 0.15) is 0 Å². The molecular weight excluding hydrogens is 382 g/mol. The average Bonchev–Trinajstić information content (AvgIpc) is 3.11. The number of aromatic nitrogens is 4. The standard InChI is InChI=1S/C18H14ClN7S/c19-12-6-8-13(9-7-12)23-18(27)24-25-11-21-17-15(16(25)20)10-22-26(17)14-4-2-1-3-5-14/h1-11,20H,(H2,23,24,27). The van der Waals surface area contributed by atoms with E-state index in [1.807, 2.05) is 42.5 Å². The van der Waals surface area contributed by atoms with E-state index in [-0.39, 0.29) is 5.49 Å². The topological polar surface area (TPSA) is 83.5 Å². The molecule has 2 aromatic heterocycles. The first-order chi connectivity index (χ1) is 13.1. The van der Waals surface area contributed by atoms with Crippen molar-refractivity contribution in [3.8, 4) is 5.69 Å². The molecule has 7 nitrogen and oxygen atoms in total. The average molecular weight is 396 g/mol. The first kappa shape index (κ1) is 17.2. The van der Waals surface area contributed by atoms with Gasteiger partial charge in [0.25, 0.3) is 0 Å². The Labute approximate surface area is 164 Å². The Morgan fingerprint density at radius 3 is 2.56 bits per heavy atom. The Morgan fingerprint density at radius 2 is 1.81 bits per heavy atom. The fourth-order valence-electron chi connectivity index (χ4n) is 2.58. The zero-order chi connectivity index (χ0) is 18.8. The van der Waals surface area contributed by atoms with Crippen LogP contribution >= 0.6 is 23.8 Å². The molecule has 0 aliphatic heterocycles. The summed E-state index contributed by atoms with van der Waals surface area (Å²) in [5, 5.41) is 17.4. The van der Waals surface area contributed by atoms with Gasteiger partial charge in [0.1, 0.15) is 6.33 Å². The highest BCUT2D eigenvalue weighted by Crippen LogP contribution is 2.14. The van der Waals surface area contributed by atoms with E-state index in [0.29, 0.717) is 21.2 Å². The lowest BCUT2D eigenvalue weighted by molar-refractivity contribution is 0.840. The maximum atomic E-state index is 8.42. The van der Waals surface area contributed by atoms with Gasteiger partial charge in [-0.2, -0.15) is 5.10 Å². The number of thiocarbonyl (C=S) groups is 1. The summed E-state index contributed by atoms with van der Waals surface area (Å²) in [6.07, 6.45) is 3.12. The number of halogens is 1. The number of benzene rings is 2. The van der Waals surface area contributed by atoms with Gasteiger partial charge in [-0.3, -0.25) is 10.8 Å². The molecule has 0 radical (unpaired) electrons. The summed E-state index contributed by atoms with van der Waals surface area (Å²) in [4.78, 5) is 4.43. The van der Waals surface area contributed by atoms with E-state index in [4.69, 9.17) is 29.2 Å². The predicted molar refractivity (Wildman–Crippen MR) is 110 cm³/mol. The number of nitrogens with one attached hydrogen (secondary N) is 3. The number of para-hydroxylation sites is 1. The van der Waals surface area contributed by atoms with Crippen molar-refractivity contribution in [1.82, 2.24) is 19.4 Å². The summed E-state index contributed by atoms with van der Waals surface area (Å²) in [7, 11) is 0. The number of nitrogens with zero attached hydrogens (tertiary/aromatic N) is 4. The van der Waals surface area contributed by atoms with Gasteiger partial charge in [-0.15, -0.1) is 0 Å². The zero-order valence-corrected chi connectivity index (χ0v) is 15.5. The molecule has 4 rings (SSSR count). The molecule has 0 saturated heterocycles. The largest absolute Gasteiger partial charge is 0.331 e. The third-order valence-electron chi connectivity index (χ3n) is 3.86. The predicted octanol–water partition coefficient (Wildman–Crippen LogP) is 3.30. The molecule has 0 unspecified atom stereocenters. The highest BCUT2D eigenvalue weighted by molar-refractivity contribution is 7.80. The first-order valence-corrected chi connectivity index (χ1v) is 8.79. The van der Waals surface area contributed by atoms with Crippen molar-refractivity contribution in [2.24, 2.45) is 0 Å². The van der Waals surface area contributed by atoms with Crippen molar-refractivity contribution in [3.63, 3.8) is 0 Å². The van der Waals surface area contributed by atoms with Gasteiger partial charge in [0.2, 0.25) is 0 Å². The summed E-state index contributed by atoms with van der Waals surface area (Å²) >= 11 is 11.2. The van der Waals surface area contributed by atoms with Crippen LogP contribution in [-0.2, 0) is 0 Å². The highest BCUT2D eigenvalue weighted by Gasteiger charge is 2.10. The third-order valence-corrected chi connectivity index (χ3v) is 4.31. The lowest BCUT2D eigenvalue weighted by Gasteiger charge is -2.13. The molecule has 2 aromatic carbocycles. The molecule has 0 aliphatic carbocycles. The fraction of sp³-hybridized carbons (Fsp3) is 0. The Hall–Kier alpha value is -3.23. The minimum atomic E-state index is 0.197. The van der Waals surface area contributed by atoms with Gasteiger partial charge >= 0.3 is 0 Å². The van der Waals surface area contributed by atoms with E-state index in [9.17, 15) is 0 Å². The maximum Gasteiger partial charge on any atom is 0.190 e. The third kappa shape index (κ3) is 3.53. The van der Waals surface area contributed by atoms with E-state index in [1.54, 1.807) is 23.0 Å². The van der Waals surface area contributed by atoms with E-state index in [1.165, 1.54) is 11.0 Å². The highest BCUT2D eigenvalue weighted by atomic mass is 35.5. The number of rotatable bonds is 3. The van der Waals surface area contributed by atoms with Gasteiger partial charge in [-0.1, -0.05) is 29.8 Å². The van der Waals surface area contributed by atoms with Crippen LogP contribution in [0, 0.1) is 5.41 Å². The van der Waals surface area contributed by atoms with Crippen LogP contribution < -0.4 is 16.2 Å². The van der Waals surface area contributed by atoms with Crippen LogP contribution in [0.3, 0.4) is 0 Å². The molecule has 0 bridgehead atoms. The lowest BCUT2D eigenvalue weighted by atomic mass is 10.3. The van der Waals surface area contributed by atoms with Gasteiger partial charge < -0.3 is 5.32 Å². The van der Waals surface area contributed by atoms with Crippen LogP contribution in [0.5, 0.6) is 0 Å². The summed E-state index contributed by atoms with van der Waals surface area (Å²) in [5.41, 5.74) is 5.39. The Bertz CT molecular complexity index is 1170. The van der Waals surface area contributed by atoms with Crippen LogP contribution in [0.25, 0.3) is 16.7 Å². The second kappa shape index (κ2) is 7.18. The zero-order valence-electron chi connectivity index (χ0n) is 13.9. The Kier molecular flexibility index (Phi) is 4.57. The van der Waals surface area contributed by atoms with Crippen molar-refractivity contribution >= 4 is 45.7 Å². The quantitative estimate of drug-likeness (QED) is 0.463. The molecule has 2 heterocycles. The molecule has 0 atom stereocenters. The van der Waals surface area contributed by atoms with Crippen molar-refractivity contribution in [2.75, 3.05) is 10.7 Å². The monoisotopic (exact) mass is 395 g/mol. The normalized spacial score (nSPS) is 10.7. The van der Waals surface area contributed by atoms with Gasteiger partial charge in [0.05, 0.1) is 17.3 Å². The number of fused-ring (bicyclic) bond motifs is 1. The van der Waals surface area contributed by atoms with E-state index in [2.05, 4.69) is 20.8 Å². The van der Waals surface area contributed by atoms with Crippen molar-refractivity contribution < 1.29 is 0 Å². The molecule has 0 aliphatic rings. The fourth-order valence-corrected chi connectivity index (χ4v) is 2.92. The lowest BCUT2D eigenvalue weighted by Crippen LogP contribution is -2.35. The molecule has 4 aromatic rings. The minimum Gasteiger partial charge on any atom is -0.331 e. The summed E-state index contributed by atoms with van der Waals surface area (Å²) in [6.45, 7) is 0. The molecule has 0 amide bonds. The number of hydrogen-bond acceptors (Lipinski definition) is 4. The van der Waals surface area contributed by atoms with Crippen molar-refractivity contribution in [3.05, 3.63) is 77.6 Å². The summed E-state index contributed by atoms with van der Waals surface area (Å²) in [6, 6.07) is 16.8. The first-order valence-electron chi connectivity index (χ1n) is 8.01. The number of anilines is 1. The molecule has 134 valence electrons. The van der Waals surface area contributed by atoms with E-state index < -0.39 is 0 Å². The van der Waals surface area contributed by atoms with Crippen molar-refractivity contribution in [1.29, 1.82) is 5.41 Å². The molecule has 3 N–H and O–H groups in total. The van der Waals surface area contributed by atoms with Gasteiger partial charge in [0.15, 0.2) is 16.2 Å². The van der Waals surface area contributed by atoms with E-state index >= 15 is 0 Å². The molecular formula is C18H14ClN7S. The molecule has 0 spiro atoms. The maximum absolute atomic E-state index is 8.42. The van der Waals surface area contributed by atoms with Crippen LogP contribution in [0.4, 0.5) is 5.69 Å². The molecule has 27 heavy (non-hydrogen) atoms. The van der Waals surface area contributed by atoms with E-state index in [0.717, 1.165) is 11.4 Å². The van der Waals surface area contributed by atoms with Gasteiger partial charge in [0, 0.05) is 10.7 Å². The summed E-state index contributed by atoms with van der Waals surface area (Å²) < 4.78 is 3.13. The molecule has 0 fully saturated rings. The van der Waals surface area contributed by atoms with Crippen LogP contribution in [0.15, 0.2) is 67.1 Å². The SMILES string of the molecule is N=c1c2cnn(-c3ccccc3)c2ncn1NC(=S)Nc1ccc(Cl)cc1. The summed E-state index contributed by atoms with van der Waals surface area (Å²) in [5.74, 6) is 0. The molecule has 0 saturated carbocycles. The minimum absolute atomic E-state index is 0.197. The smallest absolute Gasteiger partial charge is 0.190 e. The van der Waals surface area contributed by atoms with Crippen LogP contribution in [0.2, 0.25) is 5.02 Å². The van der Waals surface area contributed by atoms with Crippen LogP contribution in [-0.4, -0.2) is 24.6 Å². The second-order valence-electron chi connectivity index (χ2n) is 5.67. The second-order valence-corrected chi connectivity index (χ2v) is 6.51. The molecule has 9 heteroatoms. The van der Waals surface area contributed by atoms with Gasteiger partial charge in [-0.05, 0) is 48.6 Å². The Morgan fingerprint density at radius 1 is 1.07 bits per heavy atom. The van der Waals surface area contributed by atoms with Gasteiger partial charge in [-0.25, -0.2) is 14.3 Å². The number of hydrogen-bond donors (Lipinski definition) is 3. The Balaban J connectivity index is 1.60.